The lowest BCUT2D eigenvalue weighted by atomic mass is 9.94. The molecule has 0 fully saturated rings. The molecule has 0 bridgehead atoms. The van der Waals surface area contributed by atoms with Gasteiger partial charge < -0.3 is 14.3 Å². The van der Waals surface area contributed by atoms with Crippen LogP contribution in [0.5, 0.6) is 0 Å². The van der Waals surface area contributed by atoms with Crippen molar-refractivity contribution in [3.63, 3.8) is 0 Å². The van der Waals surface area contributed by atoms with Crippen LogP contribution in [0, 0.1) is 0 Å². The third kappa shape index (κ3) is 2.39. The second kappa shape index (κ2) is 4.98. The Morgan fingerprint density at radius 1 is 1.67 bits per heavy atom. The molecule has 1 aromatic rings. The SMILES string of the molecule is CCCCC(O)(C(=O)OC)c1ccco1. The van der Waals surface area contributed by atoms with Crippen molar-refractivity contribution >= 4 is 5.97 Å². The van der Waals surface area contributed by atoms with Crippen molar-refractivity contribution in [1.29, 1.82) is 0 Å². The van der Waals surface area contributed by atoms with Gasteiger partial charge in [0.2, 0.25) is 5.60 Å². The molecule has 1 rings (SSSR count). The molecule has 15 heavy (non-hydrogen) atoms. The summed E-state index contributed by atoms with van der Waals surface area (Å²) in [6.07, 6.45) is 3.35. The number of aliphatic hydroxyl groups is 1. The Bertz CT molecular complexity index is 304. The smallest absolute Gasteiger partial charge is 0.345 e. The lowest BCUT2D eigenvalue weighted by Crippen LogP contribution is -2.36. The summed E-state index contributed by atoms with van der Waals surface area (Å²) in [6.45, 7) is 1.99. The molecule has 1 unspecified atom stereocenters. The molecule has 0 aliphatic rings. The highest BCUT2D eigenvalue weighted by Crippen LogP contribution is 2.28. The van der Waals surface area contributed by atoms with Gasteiger partial charge in [0, 0.05) is 0 Å². The Kier molecular flexibility index (Phi) is 3.91. The van der Waals surface area contributed by atoms with Gasteiger partial charge >= 0.3 is 5.97 Å². The van der Waals surface area contributed by atoms with E-state index in [4.69, 9.17) is 4.42 Å². The average Bonchev–Trinajstić information content (AvgIpc) is 2.78. The Morgan fingerprint density at radius 3 is 2.87 bits per heavy atom. The van der Waals surface area contributed by atoms with E-state index < -0.39 is 11.6 Å². The first-order chi connectivity index (χ1) is 7.15. The van der Waals surface area contributed by atoms with Crippen molar-refractivity contribution in [2.24, 2.45) is 0 Å². The van der Waals surface area contributed by atoms with Gasteiger partial charge in [0.1, 0.15) is 5.76 Å². The number of esters is 1. The minimum absolute atomic E-state index is 0.239. The van der Waals surface area contributed by atoms with E-state index in [0.29, 0.717) is 6.42 Å². The predicted octanol–water partition coefficient (Wildman–Crippen LogP) is 1.83. The molecule has 0 saturated carbocycles. The molecule has 1 heterocycles. The van der Waals surface area contributed by atoms with E-state index in [1.165, 1.54) is 13.4 Å². The molecule has 1 aromatic heterocycles. The highest BCUT2D eigenvalue weighted by molar-refractivity contribution is 5.80. The van der Waals surface area contributed by atoms with Crippen LogP contribution in [-0.2, 0) is 15.1 Å². The number of hydrogen-bond acceptors (Lipinski definition) is 4. The molecule has 0 aromatic carbocycles. The number of unbranched alkanes of at least 4 members (excludes halogenated alkanes) is 1. The maximum atomic E-state index is 11.5. The van der Waals surface area contributed by atoms with Gasteiger partial charge in [-0.25, -0.2) is 4.79 Å². The molecular formula is C11H16O4. The highest BCUT2D eigenvalue weighted by Gasteiger charge is 2.41. The van der Waals surface area contributed by atoms with Crippen molar-refractivity contribution in [3.8, 4) is 0 Å². The van der Waals surface area contributed by atoms with Gasteiger partial charge in [0.25, 0.3) is 0 Å². The monoisotopic (exact) mass is 212 g/mol. The molecule has 0 radical (unpaired) electrons. The molecule has 0 saturated heterocycles. The summed E-state index contributed by atoms with van der Waals surface area (Å²) >= 11 is 0. The molecule has 0 amide bonds. The topological polar surface area (TPSA) is 59.7 Å². The van der Waals surface area contributed by atoms with Gasteiger partial charge in [-0.2, -0.15) is 0 Å². The number of hydrogen-bond donors (Lipinski definition) is 1. The summed E-state index contributed by atoms with van der Waals surface area (Å²) < 4.78 is 9.66. The van der Waals surface area contributed by atoms with Crippen LogP contribution >= 0.6 is 0 Å². The fourth-order valence-corrected chi connectivity index (χ4v) is 1.44. The molecule has 0 aliphatic carbocycles. The first-order valence-electron chi connectivity index (χ1n) is 5.00. The zero-order chi connectivity index (χ0) is 11.3. The van der Waals surface area contributed by atoms with Crippen LogP contribution in [0.4, 0.5) is 0 Å². The Balaban J connectivity index is 2.91. The van der Waals surface area contributed by atoms with Crippen LogP contribution < -0.4 is 0 Å². The summed E-state index contributed by atoms with van der Waals surface area (Å²) in [7, 11) is 1.25. The van der Waals surface area contributed by atoms with Crippen molar-refractivity contribution in [3.05, 3.63) is 24.2 Å². The lowest BCUT2D eigenvalue weighted by molar-refractivity contribution is -0.166. The highest BCUT2D eigenvalue weighted by atomic mass is 16.5. The summed E-state index contributed by atoms with van der Waals surface area (Å²) in [6, 6.07) is 3.21. The van der Waals surface area contributed by atoms with E-state index in [9.17, 15) is 9.90 Å². The normalized spacial score (nSPS) is 14.6. The zero-order valence-electron chi connectivity index (χ0n) is 9.03. The Morgan fingerprint density at radius 2 is 2.40 bits per heavy atom. The third-order valence-corrected chi connectivity index (χ3v) is 2.34. The number of rotatable bonds is 5. The van der Waals surface area contributed by atoms with Gasteiger partial charge in [0.15, 0.2) is 0 Å². The van der Waals surface area contributed by atoms with Crippen molar-refractivity contribution in [2.45, 2.75) is 31.8 Å². The van der Waals surface area contributed by atoms with E-state index in [0.717, 1.165) is 12.8 Å². The van der Waals surface area contributed by atoms with Gasteiger partial charge in [0.05, 0.1) is 13.4 Å². The standard InChI is InChI=1S/C11H16O4/c1-3-4-7-11(13,10(12)14-2)9-6-5-8-15-9/h5-6,8,13H,3-4,7H2,1-2H3. The second-order valence-corrected chi connectivity index (χ2v) is 3.43. The number of carbonyl (C=O) groups is 1. The number of carbonyl (C=O) groups excluding carboxylic acids is 1. The largest absolute Gasteiger partial charge is 0.467 e. The van der Waals surface area contributed by atoms with Crippen molar-refractivity contribution in [2.75, 3.05) is 7.11 Å². The molecular weight excluding hydrogens is 196 g/mol. The van der Waals surface area contributed by atoms with Gasteiger partial charge in [-0.1, -0.05) is 13.3 Å². The molecule has 0 spiro atoms. The van der Waals surface area contributed by atoms with Gasteiger partial charge in [-0.15, -0.1) is 0 Å². The van der Waals surface area contributed by atoms with E-state index in [1.807, 2.05) is 6.92 Å². The quantitative estimate of drug-likeness (QED) is 0.756. The van der Waals surface area contributed by atoms with Gasteiger partial charge in [-0.05, 0) is 25.0 Å². The minimum atomic E-state index is -1.64. The van der Waals surface area contributed by atoms with E-state index in [2.05, 4.69) is 4.74 Å². The zero-order valence-corrected chi connectivity index (χ0v) is 9.03. The number of ether oxygens (including phenoxy) is 1. The molecule has 0 aliphatic heterocycles. The van der Waals surface area contributed by atoms with Crippen LogP contribution in [-0.4, -0.2) is 18.2 Å². The molecule has 4 heteroatoms. The van der Waals surface area contributed by atoms with Crippen LogP contribution in [0.2, 0.25) is 0 Å². The second-order valence-electron chi connectivity index (χ2n) is 3.43. The van der Waals surface area contributed by atoms with Crippen molar-refractivity contribution in [1.82, 2.24) is 0 Å². The van der Waals surface area contributed by atoms with Crippen LogP contribution in [0.25, 0.3) is 0 Å². The fraction of sp³-hybridized carbons (Fsp3) is 0.545. The van der Waals surface area contributed by atoms with E-state index in [1.54, 1.807) is 12.1 Å². The predicted molar refractivity (Wildman–Crippen MR) is 54.1 cm³/mol. The third-order valence-electron chi connectivity index (χ3n) is 2.34. The Labute approximate surface area is 88.8 Å². The molecule has 1 atom stereocenters. The average molecular weight is 212 g/mol. The van der Waals surface area contributed by atoms with Gasteiger partial charge in [-0.3, -0.25) is 0 Å². The first-order valence-corrected chi connectivity index (χ1v) is 5.00. The number of methoxy groups -OCH3 is 1. The van der Waals surface area contributed by atoms with Crippen LogP contribution in [0.15, 0.2) is 22.8 Å². The minimum Gasteiger partial charge on any atom is -0.467 e. The number of furan rings is 1. The van der Waals surface area contributed by atoms with E-state index >= 15 is 0 Å². The maximum Gasteiger partial charge on any atom is 0.345 e. The van der Waals surface area contributed by atoms with Crippen molar-refractivity contribution < 1.29 is 19.1 Å². The summed E-state index contributed by atoms with van der Waals surface area (Å²) in [5.74, 6) is -0.436. The van der Waals surface area contributed by atoms with E-state index in [-0.39, 0.29) is 5.76 Å². The van der Waals surface area contributed by atoms with Crippen LogP contribution in [0.1, 0.15) is 31.9 Å². The summed E-state index contributed by atoms with van der Waals surface area (Å²) in [5.41, 5.74) is -1.64. The maximum absolute atomic E-state index is 11.5. The van der Waals surface area contributed by atoms with Crippen LogP contribution in [0.3, 0.4) is 0 Å². The Hall–Kier alpha value is -1.29. The molecule has 84 valence electrons. The summed E-state index contributed by atoms with van der Waals surface area (Å²) in [4.78, 5) is 11.5. The summed E-state index contributed by atoms with van der Waals surface area (Å²) in [5, 5.41) is 10.2. The molecule has 1 N–H and O–H groups in total. The first kappa shape index (κ1) is 11.8. The fourth-order valence-electron chi connectivity index (χ4n) is 1.44. The molecule has 4 nitrogen and oxygen atoms in total. The lowest BCUT2D eigenvalue weighted by Gasteiger charge is -2.22.